The Hall–Kier alpha value is -2.16. The Kier molecular flexibility index (Phi) is 4.29. The maximum Gasteiger partial charge on any atom is 0.0718 e. The van der Waals surface area contributed by atoms with Gasteiger partial charge >= 0.3 is 0 Å². The summed E-state index contributed by atoms with van der Waals surface area (Å²) in [7, 11) is 0. The highest BCUT2D eigenvalue weighted by Gasteiger charge is 2.06. The molecule has 0 amide bonds. The van der Waals surface area contributed by atoms with Crippen LogP contribution in [0.5, 0.6) is 0 Å². The van der Waals surface area contributed by atoms with E-state index in [1.165, 1.54) is 21.9 Å². The van der Waals surface area contributed by atoms with Crippen LogP contribution in [0.4, 0.5) is 0 Å². The third kappa shape index (κ3) is 3.13. The first-order valence-corrected chi connectivity index (χ1v) is 7.14. The lowest BCUT2D eigenvalue weighted by Crippen LogP contribution is -1.99. The molecule has 0 atom stereocenters. The van der Waals surface area contributed by atoms with Crippen molar-refractivity contribution in [1.82, 2.24) is 0 Å². The molecule has 0 radical (unpaired) electrons. The Bertz CT molecular complexity index is 720. The lowest BCUT2D eigenvalue weighted by molar-refractivity contribution is 0.0816. The number of aliphatic hydroxyl groups is 1. The molecule has 3 aromatic rings. The molecule has 0 aliphatic rings. The fourth-order valence-electron chi connectivity index (χ4n) is 2.57. The van der Waals surface area contributed by atoms with Gasteiger partial charge in [-0.05, 0) is 39.6 Å². The minimum Gasteiger partial charge on any atom is -0.394 e. The molecule has 0 saturated carbocycles. The Morgan fingerprint density at radius 3 is 2.43 bits per heavy atom. The summed E-state index contributed by atoms with van der Waals surface area (Å²) in [4.78, 5) is 0. The molecule has 0 aromatic heterocycles. The van der Waals surface area contributed by atoms with Crippen molar-refractivity contribution in [2.75, 3.05) is 13.2 Å². The molecule has 106 valence electrons. The van der Waals surface area contributed by atoms with E-state index in [-0.39, 0.29) is 6.61 Å². The number of benzene rings is 3. The zero-order chi connectivity index (χ0) is 14.5. The molecule has 0 aliphatic heterocycles. The summed E-state index contributed by atoms with van der Waals surface area (Å²) >= 11 is 0. The number of hydrogen-bond acceptors (Lipinski definition) is 2. The third-order valence-electron chi connectivity index (χ3n) is 3.51. The van der Waals surface area contributed by atoms with E-state index in [4.69, 9.17) is 9.84 Å². The van der Waals surface area contributed by atoms with Crippen molar-refractivity contribution in [2.24, 2.45) is 0 Å². The second-order valence-corrected chi connectivity index (χ2v) is 5.01. The summed E-state index contributed by atoms with van der Waals surface area (Å²) in [6.07, 6.45) is 0. The number of rotatable bonds is 5. The smallest absolute Gasteiger partial charge is 0.0718 e. The van der Waals surface area contributed by atoms with E-state index in [1.54, 1.807) is 0 Å². The topological polar surface area (TPSA) is 29.5 Å². The summed E-state index contributed by atoms with van der Waals surface area (Å²) in [6, 6.07) is 23.1. The van der Waals surface area contributed by atoms with Gasteiger partial charge in [0.05, 0.1) is 19.8 Å². The predicted octanol–water partition coefficient (Wildman–Crippen LogP) is 4.02. The van der Waals surface area contributed by atoms with Crippen LogP contribution in [0.15, 0.2) is 66.7 Å². The van der Waals surface area contributed by atoms with Gasteiger partial charge in [-0.3, -0.25) is 0 Å². The number of aliphatic hydroxyl groups excluding tert-OH is 1. The molecule has 3 rings (SSSR count). The number of fused-ring (bicyclic) bond motifs is 1. The molecule has 0 unspecified atom stereocenters. The van der Waals surface area contributed by atoms with Crippen molar-refractivity contribution in [3.05, 3.63) is 72.3 Å². The number of hydrogen-bond donors (Lipinski definition) is 1. The Morgan fingerprint density at radius 2 is 1.62 bits per heavy atom. The maximum absolute atomic E-state index is 8.82. The summed E-state index contributed by atoms with van der Waals surface area (Å²) < 4.78 is 5.46. The van der Waals surface area contributed by atoms with Crippen LogP contribution < -0.4 is 0 Å². The van der Waals surface area contributed by atoms with Crippen LogP contribution in [0.2, 0.25) is 0 Å². The minimum atomic E-state index is 0.0547. The van der Waals surface area contributed by atoms with Crippen molar-refractivity contribution in [2.45, 2.75) is 6.61 Å². The summed E-state index contributed by atoms with van der Waals surface area (Å²) in [5.74, 6) is 0. The monoisotopic (exact) mass is 278 g/mol. The normalized spacial score (nSPS) is 10.9. The summed E-state index contributed by atoms with van der Waals surface area (Å²) in [5.41, 5.74) is 3.55. The molecule has 0 bridgehead atoms. The molecule has 0 aliphatic carbocycles. The van der Waals surface area contributed by atoms with E-state index >= 15 is 0 Å². The molecule has 0 saturated heterocycles. The zero-order valence-corrected chi connectivity index (χ0v) is 11.8. The van der Waals surface area contributed by atoms with Crippen molar-refractivity contribution in [1.29, 1.82) is 0 Å². The number of ether oxygens (including phenoxy) is 1. The van der Waals surface area contributed by atoms with Crippen LogP contribution in [0, 0.1) is 0 Å². The quantitative estimate of drug-likeness (QED) is 0.714. The van der Waals surface area contributed by atoms with E-state index in [2.05, 4.69) is 60.7 Å². The molecular weight excluding hydrogens is 260 g/mol. The Balaban J connectivity index is 2.08. The van der Waals surface area contributed by atoms with Crippen molar-refractivity contribution >= 4 is 10.8 Å². The van der Waals surface area contributed by atoms with Crippen molar-refractivity contribution in [3.8, 4) is 11.1 Å². The molecular formula is C19H18O2. The van der Waals surface area contributed by atoms with Crippen LogP contribution in [0.1, 0.15) is 5.56 Å². The molecule has 0 spiro atoms. The van der Waals surface area contributed by atoms with Gasteiger partial charge in [-0.15, -0.1) is 0 Å². The molecule has 0 heterocycles. The van der Waals surface area contributed by atoms with Crippen molar-refractivity contribution < 1.29 is 9.84 Å². The van der Waals surface area contributed by atoms with E-state index < -0.39 is 0 Å². The molecule has 2 nitrogen and oxygen atoms in total. The van der Waals surface area contributed by atoms with Gasteiger partial charge in [0, 0.05) is 0 Å². The predicted molar refractivity (Wildman–Crippen MR) is 86.1 cm³/mol. The van der Waals surface area contributed by atoms with Gasteiger partial charge in [-0.2, -0.15) is 0 Å². The Morgan fingerprint density at radius 1 is 0.857 bits per heavy atom. The highest BCUT2D eigenvalue weighted by atomic mass is 16.5. The third-order valence-corrected chi connectivity index (χ3v) is 3.51. The lowest BCUT2D eigenvalue weighted by Gasteiger charge is -2.11. The van der Waals surface area contributed by atoms with Crippen LogP contribution in [0.25, 0.3) is 21.9 Å². The summed E-state index contributed by atoms with van der Waals surface area (Å²) in [6.45, 7) is 0.942. The van der Waals surface area contributed by atoms with E-state index in [0.717, 1.165) is 5.56 Å². The second kappa shape index (κ2) is 6.53. The molecule has 0 fully saturated rings. The van der Waals surface area contributed by atoms with Gasteiger partial charge in [0.15, 0.2) is 0 Å². The Labute approximate surface area is 124 Å². The van der Waals surface area contributed by atoms with Crippen LogP contribution >= 0.6 is 0 Å². The lowest BCUT2D eigenvalue weighted by atomic mass is 9.96. The van der Waals surface area contributed by atoms with Gasteiger partial charge in [-0.1, -0.05) is 54.6 Å². The fraction of sp³-hybridized carbons (Fsp3) is 0.158. The first-order chi connectivity index (χ1) is 10.4. The minimum absolute atomic E-state index is 0.0547. The SMILES string of the molecule is OCCOCc1cc(-c2ccccc2)c2ccccc2c1. The van der Waals surface area contributed by atoms with Crippen LogP contribution in [-0.4, -0.2) is 18.3 Å². The largest absolute Gasteiger partial charge is 0.394 e. The van der Waals surface area contributed by atoms with Gasteiger partial charge < -0.3 is 9.84 Å². The second-order valence-electron chi connectivity index (χ2n) is 5.01. The van der Waals surface area contributed by atoms with Crippen LogP contribution in [-0.2, 0) is 11.3 Å². The average molecular weight is 278 g/mol. The van der Waals surface area contributed by atoms with Gasteiger partial charge in [0.1, 0.15) is 0 Å². The molecule has 2 heteroatoms. The standard InChI is InChI=1S/C19H18O2/c20-10-11-21-14-15-12-17-8-4-5-9-18(17)19(13-15)16-6-2-1-3-7-16/h1-9,12-13,20H,10-11,14H2. The van der Waals surface area contributed by atoms with E-state index in [9.17, 15) is 0 Å². The average Bonchev–Trinajstić information content (AvgIpc) is 2.55. The highest BCUT2D eigenvalue weighted by molar-refractivity contribution is 5.97. The molecule has 21 heavy (non-hydrogen) atoms. The van der Waals surface area contributed by atoms with E-state index in [0.29, 0.717) is 13.2 Å². The molecule has 3 aromatic carbocycles. The fourth-order valence-corrected chi connectivity index (χ4v) is 2.57. The first-order valence-electron chi connectivity index (χ1n) is 7.14. The zero-order valence-electron chi connectivity index (χ0n) is 11.8. The van der Waals surface area contributed by atoms with E-state index in [1.807, 2.05) is 6.07 Å². The maximum atomic E-state index is 8.82. The first kappa shape index (κ1) is 13.8. The van der Waals surface area contributed by atoms with Crippen molar-refractivity contribution in [3.63, 3.8) is 0 Å². The molecule has 1 N–H and O–H groups in total. The highest BCUT2D eigenvalue weighted by Crippen LogP contribution is 2.30. The van der Waals surface area contributed by atoms with Crippen LogP contribution in [0.3, 0.4) is 0 Å². The van der Waals surface area contributed by atoms with Gasteiger partial charge in [0.2, 0.25) is 0 Å². The van der Waals surface area contributed by atoms with Gasteiger partial charge in [-0.25, -0.2) is 0 Å². The summed E-state index contributed by atoms with van der Waals surface area (Å²) in [5, 5.41) is 11.3. The van der Waals surface area contributed by atoms with Gasteiger partial charge in [0.25, 0.3) is 0 Å².